The maximum absolute atomic E-state index is 12.5. The van der Waals surface area contributed by atoms with Gasteiger partial charge in [0.25, 0.3) is 0 Å². The predicted molar refractivity (Wildman–Crippen MR) is 121 cm³/mol. The van der Waals surface area contributed by atoms with Gasteiger partial charge in [-0.05, 0) is 86.6 Å². The Balaban J connectivity index is 1.41. The van der Waals surface area contributed by atoms with Gasteiger partial charge in [0.1, 0.15) is 11.8 Å². The number of nitrogens with one attached hydrogen (secondary N) is 2. The molecular weight excluding hydrogens is 410 g/mol. The Hall–Kier alpha value is -3.26. The van der Waals surface area contributed by atoms with E-state index in [-0.39, 0.29) is 24.4 Å². The van der Waals surface area contributed by atoms with Gasteiger partial charge < -0.3 is 30.9 Å². The van der Waals surface area contributed by atoms with Gasteiger partial charge in [-0.2, -0.15) is 0 Å². The molecule has 0 spiro atoms. The Morgan fingerprint density at radius 1 is 1.09 bits per heavy atom. The number of carbonyl (C=O) groups excluding carboxylic acids is 2. The fraction of sp³-hybridized carbons (Fsp3) is 0.417. The van der Waals surface area contributed by atoms with Crippen molar-refractivity contribution in [1.29, 1.82) is 0 Å². The van der Waals surface area contributed by atoms with Crippen molar-refractivity contribution in [2.24, 2.45) is 5.73 Å². The van der Waals surface area contributed by atoms with Crippen molar-refractivity contribution >= 4 is 11.8 Å². The lowest BCUT2D eigenvalue weighted by Gasteiger charge is -2.19. The molecule has 8 heteroatoms. The first kappa shape index (κ1) is 23.4. The van der Waals surface area contributed by atoms with Gasteiger partial charge in [0.15, 0.2) is 11.5 Å². The van der Waals surface area contributed by atoms with Crippen molar-refractivity contribution in [3.63, 3.8) is 0 Å². The van der Waals surface area contributed by atoms with E-state index in [0.29, 0.717) is 13.0 Å². The van der Waals surface area contributed by atoms with Crippen LogP contribution in [0.3, 0.4) is 0 Å². The summed E-state index contributed by atoms with van der Waals surface area (Å²) in [7, 11) is 0. The molecule has 0 saturated heterocycles. The number of hydrogen-bond donors (Lipinski definition) is 4. The highest BCUT2D eigenvalue weighted by Crippen LogP contribution is 2.32. The van der Waals surface area contributed by atoms with Crippen LogP contribution in [0.5, 0.6) is 17.2 Å². The molecular formula is C24H31N3O5. The molecule has 0 aliphatic carbocycles. The van der Waals surface area contributed by atoms with Gasteiger partial charge in [0.2, 0.25) is 18.6 Å². The minimum absolute atomic E-state index is 0.186. The van der Waals surface area contributed by atoms with E-state index in [2.05, 4.69) is 10.6 Å². The van der Waals surface area contributed by atoms with Crippen molar-refractivity contribution in [3.05, 3.63) is 52.6 Å². The summed E-state index contributed by atoms with van der Waals surface area (Å²) in [5, 5.41) is 15.2. The topological polar surface area (TPSA) is 123 Å². The van der Waals surface area contributed by atoms with Gasteiger partial charge in [-0.25, -0.2) is 0 Å². The molecule has 3 rings (SSSR count). The lowest BCUT2D eigenvalue weighted by Crippen LogP contribution is -2.51. The van der Waals surface area contributed by atoms with E-state index in [0.717, 1.165) is 46.6 Å². The van der Waals surface area contributed by atoms with Gasteiger partial charge in [0, 0.05) is 6.54 Å². The van der Waals surface area contributed by atoms with Crippen LogP contribution >= 0.6 is 0 Å². The minimum Gasteiger partial charge on any atom is -0.508 e. The lowest BCUT2D eigenvalue weighted by molar-refractivity contribution is -0.129. The standard InChI is InChI=1S/C24H31N3O5/c1-14-9-18(28)10-15(2)19(14)12-20(25)24(30)27-16(3)23(29)26-8-4-5-17-6-7-21-22(11-17)32-13-31-21/h6-7,9-11,16,20,28H,4-5,8,12-13,25H2,1-3H3,(H,26,29)(H,27,30)/t16-,20+/m1/s1. The number of carbonyl (C=O) groups is 2. The first-order valence-electron chi connectivity index (χ1n) is 10.8. The van der Waals surface area contributed by atoms with E-state index in [1.54, 1.807) is 19.1 Å². The van der Waals surface area contributed by atoms with Crippen LogP contribution in [0.15, 0.2) is 30.3 Å². The first-order chi connectivity index (χ1) is 15.2. The van der Waals surface area contributed by atoms with E-state index in [9.17, 15) is 14.7 Å². The van der Waals surface area contributed by atoms with Crippen LogP contribution in [0, 0.1) is 13.8 Å². The Labute approximate surface area is 188 Å². The minimum atomic E-state index is -0.793. The van der Waals surface area contributed by atoms with Crippen LogP contribution in [-0.4, -0.2) is 42.3 Å². The summed E-state index contributed by atoms with van der Waals surface area (Å²) in [6.07, 6.45) is 1.87. The summed E-state index contributed by atoms with van der Waals surface area (Å²) in [6, 6.07) is 7.62. The third kappa shape index (κ3) is 5.91. The SMILES string of the molecule is Cc1cc(O)cc(C)c1C[C@H](N)C(=O)N[C@H](C)C(=O)NCCCc1ccc2c(c1)OCO2. The molecule has 32 heavy (non-hydrogen) atoms. The van der Waals surface area contributed by atoms with E-state index in [1.807, 2.05) is 32.0 Å². The Morgan fingerprint density at radius 3 is 2.50 bits per heavy atom. The van der Waals surface area contributed by atoms with Crippen LogP contribution in [0.25, 0.3) is 0 Å². The molecule has 1 aliphatic heterocycles. The average Bonchev–Trinajstić information content (AvgIpc) is 3.21. The number of benzene rings is 2. The molecule has 1 aliphatic rings. The maximum Gasteiger partial charge on any atom is 0.242 e. The normalized spacial score (nSPS) is 14.0. The average molecular weight is 442 g/mol. The van der Waals surface area contributed by atoms with E-state index >= 15 is 0 Å². The highest BCUT2D eigenvalue weighted by molar-refractivity contribution is 5.89. The third-order valence-corrected chi connectivity index (χ3v) is 5.57. The van der Waals surface area contributed by atoms with E-state index in [4.69, 9.17) is 15.2 Å². The van der Waals surface area contributed by atoms with Crippen LogP contribution < -0.4 is 25.8 Å². The van der Waals surface area contributed by atoms with Crippen molar-refractivity contribution in [2.45, 2.75) is 52.1 Å². The summed E-state index contributed by atoms with van der Waals surface area (Å²) in [5.74, 6) is 1.04. The molecule has 2 aromatic carbocycles. The second kappa shape index (κ2) is 10.4. The molecule has 2 amide bonds. The van der Waals surface area contributed by atoms with Crippen molar-refractivity contribution < 1.29 is 24.2 Å². The maximum atomic E-state index is 12.5. The predicted octanol–water partition coefficient (Wildman–Crippen LogP) is 1.86. The number of phenolic OH excluding ortho intramolecular Hbond substituents is 1. The molecule has 5 N–H and O–H groups in total. The number of nitrogens with two attached hydrogens (primary N) is 1. The molecule has 2 atom stereocenters. The number of aryl methyl sites for hydroxylation is 3. The quantitative estimate of drug-likeness (QED) is 0.441. The van der Waals surface area contributed by atoms with Crippen LogP contribution in [0.4, 0.5) is 0 Å². The van der Waals surface area contributed by atoms with Crippen LogP contribution in [0.2, 0.25) is 0 Å². The Morgan fingerprint density at radius 2 is 1.78 bits per heavy atom. The molecule has 172 valence electrons. The Bertz CT molecular complexity index is 969. The second-order valence-corrected chi connectivity index (χ2v) is 8.18. The van der Waals surface area contributed by atoms with Crippen molar-refractivity contribution in [1.82, 2.24) is 10.6 Å². The zero-order chi connectivity index (χ0) is 23.3. The summed E-state index contributed by atoms with van der Waals surface area (Å²) in [4.78, 5) is 24.8. The van der Waals surface area contributed by atoms with Gasteiger partial charge in [-0.1, -0.05) is 6.07 Å². The summed E-state index contributed by atoms with van der Waals surface area (Å²) in [6.45, 7) is 6.11. The molecule has 0 fully saturated rings. The van der Waals surface area contributed by atoms with E-state index < -0.39 is 12.1 Å². The van der Waals surface area contributed by atoms with E-state index in [1.165, 1.54) is 0 Å². The molecule has 0 bridgehead atoms. The second-order valence-electron chi connectivity index (χ2n) is 8.18. The van der Waals surface area contributed by atoms with Gasteiger partial charge in [-0.15, -0.1) is 0 Å². The first-order valence-corrected chi connectivity index (χ1v) is 10.8. The molecule has 8 nitrogen and oxygen atoms in total. The van der Waals surface area contributed by atoms with Crippen LogP contribution in [-0.2, 0) is 22.4 Å². The summed E-state index contributed by atoms with van der Waals surface area (Å²) in [5.41, 5.74) is 9.85. The molecule has 2 aromatic rings. The molecule has 0 unspecified atom stereocenters. The third-order valence-electron chi connectivity index (χ3n) is 5.57. The number of hydrogen-bond acceptors (Lipinski definition) is 6. The zero-order valence-electron chi connectivity index (χ0n) is 18.7. The summed E-state index contributed by atoms with van der Waals surface area (Å²) < 4.78 is 10.7. The number of rotatable bonds is 9. The van der Waals surface area contributed by atoms with Crippen molar-refractivity contribution in [3.8, 4) is 17.2 Å². The van der Waals surface area contributed by atoms with Crippen molar-refractivity contribution in [2.75, 3.05) is 13.3 Å². The molecule has 0 radical (unpaired) electrons. The number of ether oxygens (including phenoxy) is 2. The number of aromatic hydroxyl groups is 1. The molecule has 0 saturated carbocycles. The van der Waals surface area contributed by atoms with Gasteiger partial charge >= 0.3 is 0 Å². The van der Waals surface area contributed by atoms with Crippen LogP contribution in [0.1, 0.15) is 35.6 Å². The van der Waals surface area contributed by atoms with Gasteiger partial charge in [-0.3, -0.25) is 9.59 Å². The fourth-order valence-corrected chi connectivity index (χ4v) is 3.74. The number of amides is 2. The monoisotopic (exact) mass is 441 g/mol. The number of fused-ring (bicyclic) bond motifs is 1. The zero-order valence-corrected chi connectivity index (χ0v) is 18.7. The molecule has 0 aromatic heterocycles. The number of phenols is 1. The summed E-state index contributed by atoms with van der Waals surface area (Å²) >= 11 is 0. The molecule has 1 heterocycles. The van der Waals surface area contributed by atoms with Gasteiger partial charge in [0.05, 0.1) is 6.04 Å². The highest BCUT2D eigenvalue weighted by Gasteiger charge is 2.21. The highest BCUT2D eigenvalue weighted by atomic mass is 16.7. The fourth-order valence-electron chi connectivity index (χ4n) is 3.74. The largest absolute Gasteiger partial charge is 0.508 e. The Kier molecular flexibility index (Phi) is 7.58. The smallest absolute Gasteiger partial charge is 0.242 e. The lowest BCUT2D eigenvalue weighted by atomic mass is 9.96.